The Balaban J connectivity index is 1.60. The fourth-order valence-corrected chi connectivity index (χ4v) is 4.80. The number of phenolic OH excluding ortho intramolecular Hbond substituents is 2. The highest BCUT2D eigenvalue weighted by molar-refractivity contribution is 5.88. The van der Waals surface area contributed by atoms with Gasteiger partial charge in [-0.15, -0.1) is 0 Å². The molecule has 10 N–H and O–H groups in total. The van der Waals surface area contributed by atoms with Crippen LogP contribution in [0.3, 0.4) is 0 Å². The second-order valence-electron chi connectivity index (χ2n) is 10.00. The summed E-state index contributed by atoms with van der Waals surface area (Å²) < 4.78 is 28.5. The van der Waals surface area contributed by atoms with Gasteiger partial charge in [-0.1, -0.05) is 0 Å². The van der Waals surface area contributed by atoms with E-state index in [9.17, 15) is 51.1 Å². The Hall–Kier alpha value is -3.35. The van der Waals surface area contributed by atoms with Crippen molar-refractivity contribution in [2.75, 3.05) is 13.2 Å². The Morgan fingerprint density at radius 1 is 0.667 bits per heavy atom. The van der Waals surface area contributed by atoms with Crippen LogP contribution in [0, 0.1) is 5.92 Å². The topological polar surface area (TPSA) is 251 Å². The second-order valence-corrected chi connectivity index (χ2v) is 10.00. The molecule has 2 aliphatic heterocycles. The monoisotopic (exact) mass is 595 g/mol. The van der Waals surface area contributed by atoms with Gasteiger partial charge in [0.25, 0.3) is 0 Å². The molecule has 3 heterocycles. The fraction of sp³-hybridized carbons (Fsp3) is 0.444. The van der Waals surface area contributed by atoms with E-state index >= 15 is 0 Å². The molecule has 15 nitrogen and oxygen atoms in total. The van der Waals surface area contributed by atoms with Crippen molar-refractivity contribution in [2.45, 2.75) is 55.5 Å². The van der Waals surface area contributed by atoms with Gasteiger partial charge in [0.1, 0.15) is 53.2 Å². The molecule has 0 saturated carbocycles. The molecule has 228 valence electrons. The number of phenols is 2. The Kier molecular flexibility index (Phi) is 8.68. The number of aliphatic hydroxyl groups excluding tert-OH is 8. The lowest BCUT2D eigenvalue weighted by atomic mass is 9.94. The minimum atomic E-state index is -1.85. The normalized spacial score (nSPS) is 33.4. The molecular weight excluding hydrogens is 564 g/mol. The number of hydrogen-bond acceptors (Lipinski definition) is 14. The molecule has 2 saturated heterocycles. The van der Waals surface area contributed by atoms with Crippen LogP contribution in [0.25, 0.3) is 22.3 Å². The summed E-state index contributed by atoms with van der Waals surface area (Å²) in [6.45, 7) is -1.40. The van der Waals surface area contributed by atoms with E-state index in [2.05, 4.69) is 0 Å². The smallest absolute Gasteiger partial charge is 0.402 e. The quantitative estimate of drug-likeness (QED) is 0.137. The van der Waals surface area contributed by atoms with Crippen LogP contribution in [0.15, 0.2) is 46.9 Å². The Morgan fingerprint density at radius 3 is 2.02 bits per heavy atom. The van der Waals surface area contributed by atoms with Crippen molar-refractivity contribution in [3.63, 3.8) is 0 Å². The van der Waals surface area contributed by atoms with Crippen LogP contribution in [0.2, 0.25) is 0 Å². The average Bonchev–Trinajstić information content (AvgIpc) is 2.96. The van der Waals surface area contributed by atoms with Gasteiger partial charge in [-0.2, -0.15) is 0 Å². The Morgan fingerprint density at radius 2 is 1.36 bits per heavy atom. The summed E-state index contributed by atoms with van der Waals surface area (Å²) in [4.78, 5) is 0. The van der Waals surface area contributed by atoms with Crippen molar-refractivity contribution in [2.24, 2.45) is 5.92 Å². The molecule has 0 amide bonds. The van der Waals surface area contributed by atoms with Crippen molar-refractivity contribution in [1.29, 1.82) is 0 Å². The number of benzene rings is 2. The first-order valence-corrected chi connectivity index (χ1v) is 12.9. The number of aromatic hydroxyl groups is 2. The number of ether oxygens (including phenoxy) is 4. The molecule has 2 fully saturated rings. The van der Waals surface area contributed by atoms with E-state index in [1.165, 1.54) is 36.4 Å². The lowest BCUT2D eigenvalue weighted by Crippen LogP contribution is -2.60. The van der Waals surface area contributed by atoms with E-state index in [0.717, 1.165) is 6.07 Å². The number of hydrogen-bond donors (Lipinski definition) is 10. The van der Waals surface area contributed by atoms with Crippen molar-refractivity contribution >= 4 is 11.0 Å². The van der Waals surface area contributed by atoms with Gasteiger partial charge in [0.2, 0.25) is 18.3 Å². The van der Waals surface area contributed by atoms with Gasteiger partial charge in [-0.3, -0.25) is 0 Å². The zero-order valence-corrected chi connectivity index (χ0v) is 21.7. The third-order valence-corrected chi connectivity index (χ3v) is 7.18. The zero-order valence-electron chi connectivity index (χ0n) is 21.7. The van der Waals surface area contributed by atoms with E-state index in [-0.39, 0.29) is 39.7 Å². The fourth-order valence-electron chi connectivity index (χ4n) is 4.80. The van der Waals surface area contributed by atoms with Gasteiger partial charge in [0, 0.05) is 12.1 Å². The van der Waals surface area contributed by atoms with Gasteiger partial charge in [0.05, 0.1) is 36.9 Å². The van der Waals surface area contributed by atoms with Crippen molar-refractivity contribution in [1.82, 2.24) is 0 Å². The number of aliphatic hydroxyl groups is 8. The maximum absolute atomic E-state index is 10.6. The van der Waals surface area contributed by atoms with Crippen LogP contribution in [-0.2, 0) is 9.47 Å². The molecule has 5 rings (SSSR count). The summed E-state index contributed by atoms with van der Waals surface area (Å²) >= 11 is 0. The largest absolute Gasteiger partial charge is 0.508 e. The highest BCUT2D eigenvalue weighted by Crippen LogP contribution is 2.42. The molecule has 0 spiro atoms. The second kappa shape index (κ2) is 12.1. The summed E-state index contributed by atoms with van der Waals surface area (Å²) in [6, 6.07) is 9.44. The lowest BCUT2D eigenvalue weighted by Gasteiger charge is -2.39. The third-order valence-electron chi connectivity index (χ3n) is 7.18. The molecule has 2 aromatic carbocycles. The molecule has 2 aliphatic rings. The first kappa shape index (κ1) is 30.1. The molecule has 1 aromatic heterocycles. The first-order valence-electron chi connectivity index (χ1n) is 12.9. The minimum Gasteiger partial charge on any atom is -0.508 e. The predicted molar refractivity (Wildman–Crippen MR) is 138 cm³/mol. The summed E-state index contributed by atoms with van der Waals surface area (Å²) in [6.07, 6.45) is -14.7. The van der Waals surface area contributed by atoms with Crippen LogP contribution < -0.4 is 9.47 Å². The number of rotatable bonds is 7. The van der Waals surface area contributed by atoms with Crippen LogP contribution in [0.1, 0.15) is 0 Å². The molecule has 15 heteroatoms. The third kappa shape index (κ3) is 5.67. The maximum Gasteiger partial charge on any atom is 0.402 e. The summed E-state index contributed by atoms with van der Waals surface area (Å²) in [5, 5.41) is 101. The Labute approximate surface area is 237 Å². The van der Waals surface area contributed by atoms with Crippen LogP contribution in [0.4, 0.5) is 0 Å². The van der Waals surface area contributed by atoms with E-state index in [1.54, 1.807) is 0 Å². The summed E-state index contributed by atoms with van der Waals surface area (Å²) in [5.74, 6) is -1.84. The predicted octanol–water partition coefficient (Wildman–Crippen LogP) is -1.65. The van der Waals surface area contributed by atoms with E-state index in [1.807, 2.05) is 0 Å². The van der Waals surface area contributed by atoms with E-state index in [4.69, 9.17) is 23.4 Å². The van der Waals surface area contributed by atoms with Gasteiger partial charge >= 0.3 is 11.3 Å². The van der Waals surface area contributed by atoms with Gasteiger partial charge < -0.3 is 70.0 Å². The van der Waals surface area contributed by atoms with Gasteiger partial charge in [0.15, 0.2) is 6.29 Å². The molecule has 0 bridgehead atoms. The summed E-state index contributed by atoms with van der Waals surface area (Å²) in [7, 11) is 0. The molecule has 0 radical (unpaired) electrons. The molecule has 42 heavy (non-hydrogen) atoms. The summed E-state index contributed by atoms with van der Waals surface area (Å²) in [5.41, 5.74) is 0.378. The average molecular weight is 596 g/mol. The van der Waals surface area contributed by atoms with Crippen molar-refractivity contribution in [3.05, 3.63) is 42.5 Å². The van der Waals surface area contributed by atoms with Crippen LogP contribution in [0.5, 0.6) is 23.0 Å². The van der Waals surface area contributed by atoms with Crippen LogP contribution >= 0.6 is 0 Å². The highest BCUT2D eigenvalue weighted by Gasteiger charge is 2.47. The highest BCUT2D eigenvalue weighted by atomic mass is 16.7. The molecule has 10 unspecified atom stereocenters. The SMILES string of the molecule is OCC1OC(Oc2cc3c(OC4OC(O)C(O)C(O)C4CO)cc(O)cc3[o+]c2-c2ccc(O)cc2)C(O)C(O)C1O. The maximum atomic E-state index is 10.6. The van der Waals surface area contributed by atoms with Crippen LogP contribution in [-0.4, -0.2) is 120 Å². The number of fused-ring (bicyclic) bond motifs is 1. The zero-order chi connectivity index (χ0) is 30.3. The van der Waals surface area contributed by atoms with E-state index in [0.29, 0.717) is 5.56 Å². The van der Waals surface area contributed by atoms with Crippen molar-refractivity contribution in [3.8, 4) is 34.3 Å². The van der Waals surface area contributed by atoms with Gasteiger partial charge in [-0.05, 0) is 24.3 Å². The molecule has 10 atom stereocenters. The Bertz CT molecular complexity index is 1380. The van der Waals surface area contributed by atoms with Gasteiger partial charge in [-0.25, -0.2) is 4.42 Å². The van der Waals surface area contributed by atoms with Crippen molar-refractivity contribution < 1.29 is 74.4 Å². The first-order chi connectivity index (χ1) is 20.0. The molecular formula is C27H31O15+. The van der Waals surface area contributed by atoms with E-state index < -0.39 is 74.6 Å². The lowest BCUT2D eigenvalue weighted by molar-refractivity contribution is -0.312. The molecule has 0 aliphatic carbocycles. The standard InChI is InChI=1S/C27H30O15/c28-8-14-19(32)22(35)25(37)42-26(14)39-16-6-12(31)5-15-13(16)7-17(24(38-15)10-1-3-11(30)4-2-10)40-27-23(36)21(34)20(33)18(9-29)41-27/h1-7,14,18-23,25-29,32-37H,8-9H2,(H-,30,31)/p+1. The minimum absolute atomic E-state index is 0.00660. The molecule has 3 aromatic rings.